The second-order valence-corrected chi connectivity index (χ2v) is 8.55. The van der Waals surface area contributed by atoms with E-state index in [1.807, 2.05) is 0 Å². The summed E-state index contributed by atoms with van der Waals surface area (Å²) in [7, 11) is 0. The number of carbonyl (C=O) groups excluding carboxylic acids is 4. The Morgan fingerprint density at radius 3 is 1.92 bits per heavy atom. The van der Waals surface area contributed by atoms with Crippen LogP contribution < -0.4 is 4.90 Å². The summed E-state index contributed by atoms with van der Waals surface area (Å²) in [6.45, 7) is 0. The summed E-state index contributed by atoms with van der Waals surface area (Å²) >= 11 is 6.00. The van der Waals surface area contributed by atoms with Crippen LogP contribution in [0.4, 0.5) is 5.69 Å². The fourth-order valence-electron chi connectivity index (χ4n) is 4.04. The molecule has 36 heavy (non-hydrogen) atoms. The molecule has 1 atom stereocenters. The normalized spacial score (nSPS) is 13.3. The quantitative estimate of drug-likeness (QED) is 0.188. The Kier molecular flexibility index (Phi) is 6.19. The monoisotopic (exact) mass is 495 g/mol. The van der Waals surface area contributed by atoms with E-state index in [4.69, 9.17) is 16.3 Å². The Hall–Kier alpha value is -4.55. The lowest BCUT2D eigenvalue weighted by Crippen LogP contribution is -2.29. The van der Waals surface area contributed by atoms with E-state index in [-0.39, 0.29) is 11.3 Å². The molecule has 0 aromatic heterocycles. The van der Waals surface area contributed by atoms with Gasteiger partial charge in [-0.1, -0.05) is 72.3 Å². The largest absolute Gasteiger partial charge is 0.445 e. The molecular weight excluding hydrogens is 478 g/mol. The van der Waals surface area contributed by atoms with Gasteiger partial charge >= 0.3 is 5.97 Å². The summed E-state index contributed by atoms with van der Waals surface area (Å²) in [4.78, 5) is 53.2. The first-order chi connectivity index (χ1) is 17.4. The van der Waals surface area contributed by atoms with Crippen LogP contribution in [-0.4, -0.2) is 23.6 Å². The molecule has 0 spiro atoms. The number of hydrogen-bond donors (Lipinski definition) is 0. The molecule has 2 amide bonds. The van der Waals surface area contributed by atoms with Crippen molar-refractivity contribution >= 4 is 40.9 Å². The number of imide groups is 1. The molecule has 0 radical (unpaired) electrons. The molecule has 1 aliphatic rings. The first-order valence-electron chi connectivity index (χ1n) is 11.1. The molecule has 0 fully saturated rings. The average molecular weight is 496 g/mol. The molecule has 4 aromatic rings. The fourth-order valence-corrected chi connectivity index (χ4v) is 4.16. The number of esters is 1. The zero-order valence-electron chi connectivity index (χ0n) is 18.8. The molecule has 0 unspecified atom stereocenters. The summed E-state index contributed by atoms with van der Waals surface area (Å²) in [5.74, 6) is -2.13. The van der Waals surface area contributed by atoms with Gasteiger partial charge in [-0.05, 0) is 42.5 Å². The number of carbonyl (C=O) groups is 4. The van der Waals surface area contributed by atoms with E-state index in [0.29, 0.717) is 27.3 Å². The van der Waals surface area contributed by atoms with Crippen molar-refractivity contribution in [3.8, 4) is 0 Å². The molecule has 1 aliphatic heterocycles. The van der Waals surface area contributed by atoms with E-state index in [1.54, 1.807) is 91.0 Å². The third-order valence-corrected chi connectivity index (χ3v) is 6.08. The van der Waals surface area contributed by atoms with Crippen molar-refractivity contribution in [3.05, 3.63) is 136 Å². The molecule has 176 valence electrons. The highest BCUT2D eigenvalue weighted by Gasteiger charge is 2.36. The number of amides is 2. The lowest BCUT2D eigenvalue weighted by molar-refractivity contribution is 0.0280. The van der Waals surface area contributed by atoms with Crippen LogP contribution in [0.15, 0.2) is 103 Å². The number of hydrogen-bond acceptors (Lipinski definition) is 5. The number of nitrogens with zero attached hydrogens (tertiary/aromatic N) is 1. The maximum atomic E-state index is 13.3. The summed E-state index contributed by atoms with van der Waals surface area (Å²) in [5.41, 5.74) is 1.75. The van der Waals surface area contributed by atoms with Crippen molar-refractivity contribution in [2.45, 2.75) is 6.10 Å². The predicted molar refractivity (Wildman–Crippen MR) is 134 cm³/mol. The zero-order chi connectivity index (χ0) is 25.2. The van der Waals surface area contributed by atoms with Gasteiger partial charge in [-0.25, -0.2) is 9.69 Å². The van der Waals surface area contributed by atoms with Crippen molar-refractivity contribution < 1.29 is 23.9 Å². The smallest absolute Gasteiger partial charge is 0.339 e. The minimum Gasteiger partial charge on any atom is -0.445 e. The number of ketones is 1. The van der Waals surface area contributed by atoms with Gasteiger partial charge in [0, 0.05) is 16.1 Å². The molecule has 0 saturated carbocycles. The van der Waals surface area contributed by atoms with Gasteiger partial charge < -0.3 is 4.74 Å². The number of halogens is 1. The molecule has 0 saturated heterocycles. The lowest BCUT2D eigenvalue weighted by Gasteiger charge is -2.19. The van der Waals surface area contributed by atoms with Gasteiger partial charge in [-0.3, -0.25) is 14.4 Å². The average Bonchev–Trinajstić information content (AvgIpc) is 3.17. The van der Waals surface area contributed by atoms with Crippen molar-refractivity contribution in [1.82, 2.24) is 0 Å². The lowest BCUT2D eigenvalue weighted by atomic mass is 9.99. The van der Waals surface area contributed by atoms with Crippen LogP contribution >= 0.6 is 11.6 Å². The van der Waals surface area contributed by atoms with Gasteiger partial charge in [-0.15, -0.1) is 0 Å². The molecule has 0 N–H and O–H groups in total. The number of benzene rings is 4. The summed E-state index contributed by atoms with van der Waals surface area (Å²) in [6.07, 6.45) is -1.22. The second kappa shape index (κ2) is 9.60. The topological polar surface area (TPSA) is 80.8 Å². The maximum absolute atomic E-state index is 13.3. The van der Waals surface area contributed by atoms with Crippen LogP contribution in [0.25, 0.3) is 0 Å². The van der Waals surface area contributed by atoms with Crippen molar-refractivity contribution in [2.75, 3.05) is 4.90 Å². The van der Waals surface area contributed by atoms with E-state index in [0.717, 1.165) is 4.90 Å². The van der Waals surface area contributed by atoms with Crippen LogP contribution in [0.2, 0.25) is 5.02 Å². The van der Waals surface area contributed by atoms with Crippen LogP contribution in [0.3, 0.4) is 0 Å². The first-order valence-corrected chi connectivity index (χ1v) is 11.5. The van der Waals surface area contributed by atoms with Gasteiger partial charge in [0.1, 0.15) is 0 Å². The third-order valence-electron chi connectivity index (χ3n) is 5.83. The number of fused-ring (bicyclic) bond motifs is 1. The van der Waals surface area contributed by atoms with Crippen LogP contribution in [0, 0.1) is 0 Å². The Morgan fingerprint density at radius 1 is 0.694 bits per heavy atom. The van der Waals surface area contributed by atoms with Gasteiger partial charge in [0.15, 0.2) is 6.10 Å². The predicted octanol–water partition coefficient (Wildman–Crippen LogP) is 5.92. The Morgan fingerprint density at radius 2 is 1.28 bits per heavy atom. The summed E-state index contributed by atoms with van der Waals surface area (Å²) in [5, 5.41) is 0.477. The van der Waals surface area contributed by atoms with Gasteiger partial charge in [-0.2, -0.15) is 0 Å². The van der Waals surface area contributed by atoms with E-state index in [2.05, 4.69) is 0 Å². The summed E-state index contributed by atoms with van der Waals surface area (Å²) < 4.78 is 5.69. The second-order valence-electron chi connectivity index (χ2n) is 8.11. The van der Waals surface area contributed by atoms with E-state index in [9.17, 15) is 19.2 Å². The van der Waals surface area contributed by atoms with Gasteiger partial charge in [0.2, 0.25) is 5.78 Å². The van der Waals surface area contributed by atoms with E-state index >= 15 is 0 Å². The first kappa shape index (κ1) is 23.2. The van der Waals surface area contributed by atoms with Crippen LogP contribution in [0.5, 0.6) is 0 Å². The number of anilines is 1. The standard InChI is InChI=1S/C29H18ClNO5/c30-21-15-13-19(14-16-21)26(25(32)18-7-2-1-3-8-18)36-29(35)20-9-6-10-22(17-20)31-27(33)23-11-4-5-12-24(23)28(31)34/h1-17,26H/t26-/m1/s1. The highest BCUT2D eigenvalue weighted by Crippen LogP contribution is 2.30. The van der Waals surface area contributed by atoms with Crippen molar-refractivity contribution in [3.63, 3.8) is 0 Å². The maximum Gasteiger partial charge on any atom is 0.339 e. The Labute approximate surface area is 211 Å². The number of ether oxygens (including phenoxy) is 1. The van der Waals surface area contributed by atoms with Crippen molar-refractivity contribution in [1.29, 1.82) is 0 Å². The molecule has 5 rings (SSSR count). The van der Waals surface area contributed by atoms with Gasteiger partial charge in [0.25, 0.3) is 11.8 Å². The molecule has 1 heterocycles. The Bertz CT molecular complexity index is 1460. The van der Waals surface area contributed by atoms with Crippen molar-refractivity contribution in [2.24, 2.45) is 0 Å². The Balaban J connectivity index is 1.45. The molecule has 0 bridgehead atoms. The fraction of sp³-hybridized carbons (Fsp3) is 0.0345. The molecule has 4 aromatic carbocycles. The van der Waals surface area contributed by atoms with Crippen LogP contribution in [0.1, 0.15) is 53.1 Å². The van der Waals surface area contributed by atoms with E-state index < -0.39 is 29.7 Å². The zero-order valence-corrected chi connectivity index (χ0v) is 19.5. The van der Waals surface area contributed by atoms with E-state index in [1.165, 1.54) is 12.1 Å². The highest BCUT2D eigenvalue weighted by atomic mass is 35.5. The minimum absolute atomic E-state index is 0.0869. The molecule has 7 heteroatoms. The molecular formula is C29H18ClNO5. The third kappa shape index (κ3) is 4.30. The number of Topliss-reactive ketones (excluding diaryl/α,β-unsaturated/α-hetero) is 1. The number of rotatable bonds is 6. The van der Waals surface area contributed by atoms with Gasteiger partial charge in [0.05, 0.1) is 22.4 Å². The summed E-state index contributed by atoms with van der Waals surface area (Å²) in [6, 6.07) is 27.5. The molecule has 6 nitrogen and oxygen atoms in total. The highest BCUT2D eigenvalue weighted by molar-refractivity contribution is 6.34. The van der Waals surface area contributed by atoms with Crippen LogP contribution in [-0.2, 0) is 4.74 Å². The molecule has 0 aliphatic carbocycles. The SMILES string of the molecule is O=C(O[C@@H](C(=O)c1ccccc1)c1ccc(Cl)cc1)c1cccc(N2C(=O)c3ccccc3C2=O)c1. The minimum atomic E-state index is -1.22.